The van der Waals surface area contributed by atoms with Crippen molar-refractivity contribution in [2.24, 2.45) is 0 Å². The second kappa shape index (κ2) is 5.49. The van der Waals surface area contributed by atoms with Gasteiger partial charge < -0.3 is 4.74 Å². The number of hydrogen-bond acceptors (Lipinski definition) is 2. The first-order valence-corrected chi connectivity index (χ1v) is 4.86. The van der Waals surface area contributed by atoms with E-state index >= 15 is 0 Å². The standard InChI is InChI=1S/C11H12OS/c1-3-9-12-10-5-7-11(8-6-10)13-4-2/h3-8H,1-2,9H2. The van der Waals surface area contributed by atoms with Crippen LogP contribution in [0.5, 0.6) is 5.75 Å². The molecule has 0 unspecified atom stereocenters. The predicted octanol–water partition coefficient (Wildman–Crippen LogP) is 3.49. The Morgan fingerprint density at radius 3 is 2.46 bits per heavy atom. The van der Waals surface area contributed by atoms with E-state index in [2.05, 4.69) is 13.2 Å². The lowest BCUT2D eigenvalue weighted by molar-refractivity contribution is 0.363. The summed E-state index contributed by atoms with van der Waals surface area (Å²) in [5, 5.41) is 1.81. The van der Waals surface area contributed by atoms with E-state index in [1.807, 2.05) is 24.3 Å². The fourth-order valence-corrected chi connectivity index (χ4v) is 1.35. The van der Waals surface area contributed by atoms with Crippen molar-refractivity contribution in [2.45, 2.75) is 4.90 Å². The van der Waals surface area contributed by atoms with Crippen LogP contribution in [0.4, 0.5) is 0 Å². The van der Waals surface area contributed by atoms with Crippen LogP contribution in [-0.2, 0) is 0 Å². The number of thioether (sulfide) groups is 1. The third-order valence-electron chi connectivity index (χ3n) is 1.41. The SMILES string of the molecule is C=CCOc1ccc(SC=C)cc1. The molecule has 0 saturated carbocycles. The van der Waals surface area contributed by atoms with Crippen molar-refractivity contribution in [2.75, 3.05) is 6.61 Å². The molecule has 1 rings (SSSR count). The minimum absolute atomic E-state index is 0.550. The van der Waals surface area contributed by atoms with Gasteiger partial charge in [0.25, 0.3) is 0 Å². The van der Waals surface area contributed by atoms with Crippen LogP contribution in [0.1, 0.15) is 0 Å². The smallest absolute Gasteiger partial charge is 0.119 e. The van der Waals surface area contributed by atoms with Crippen LogP contribution in [0.15, 0.2) is 53.8 Å². The summed E-state index contributed by atoms with van der Waals surface area (Å²) in [6.07, 6.45) is 1.73. The van der Waals surface area contributed by atoms with E-state index in [4.69, 9.17) is 4.74 Å². The molecule has 0 spiro atoms. The van der Waals surface area contributed by atoms with Crippen LogP contribution < -0.4 is 4.74 Å². The highest BCUT2D eigenvalue weighted by molar-refractivity contribution is 8.02. The van der Waals surface area contributed by atoms with Gasteiger partial charge in [0.1, 0.15) is 12.4 Å². The molecule has 0 N–H and O–H groups in total. The highest BCUT2D eigenvalue weighted by atomic mass is 32.2. The molecule has 2 heteroatoms. The van der Waals surface area contributed by atoms with E-state index in [1.54, 1.807) is 23.2 Å². The maximum Gasteiger partial charge on any atom is 0.119 e. The van der Waals surface area contributed by atoms with E-state index in [0.717, 1.165) is 5.75 Å². The zero-order valence-corrected chi connectivity index (χ0v) is 8.22. The topological polar surface area (TPSA) is 9.23 Å². The maximum atomic E-state index is 5.34. The third kappa shape index (κ3) is 3.38. The second-order valence-corrected chi connectivity index (χ2v) is 3.40. The van der Waals surface area contributed by atoms with Crippen LogP contribution in [0.2, 0.25) is 0 Å². The second-order valence-electron chi connectivity index (χ2n) is 2.36. The summed E-state index contributed by atoms with van der Waals surface area (Å²) in [6, 6.07) is 7.89. The largest absolute Gasteiger partial charge is 0.490 e. The Bertz CT molecular complexity index is 277. The van der Waals surface area contributed by atoms with Gasteiger partial charge >= 0.3 is 0 Å². The minimum atomic E-state index is 0.550. The van der Waals surface area contributed by atoms with E-state index in [1.165, 1.54) is 4.90 Å². The summed E-state index contributed by atoms with van der Waals surface area (Å²) < 4.78 is 5.34. The fourth-order valence-electron chi connectivity index (χ4n) is 0.866. The van der Waals surface area contributed by atoms with E-state index in [9.17, 15) is 0 Å². The van der Waals surface area contributed by atoms with Crippen molar-refractivity contribution in [3.05, 3.63) is 48.9 Å². The molecule has 0 fully saturated rings. The van der Waals surface area contributed by atoms with Gasteiger partial charge in [-0.2, -0.15) is 0 Å². The number of benzene rings is 1. The summed E-state index contributed by atoms with van der Waals surface area (Å²) in [5.41, 5.74) is 0. The average molecular weight is 192 g/mol. The number of hydrogen-bond donors (Lipinski definition) is 0. The Labute approximate surface area is 83.1 Å². The first-order chi connectivity index (χ1) is 6.36. The van der Waals surface area contributed by atoms with Crippen molar-refractivity contribution in [1.29, 1.82) is 0 Å². The van der Waals surface area contributed by atoms with Gasteiger partial charge in [-0.05, 0) is 29.7 Å². The molecular formula is C11H12OS. The first kappa shape index (κ1) is 9.93. The third-order valence-corrected chi connectivity index (χ3v) is 2.12. The average Bonchev–Trinajstić information content (AvgIpc) is 2.17. The van der Waals surface area contributed by atoms with Crippen molar-refractivity contribution >= 4 is 11.8 Å². The molecule has 0 bridgehead atoms. The molecule has 0 radical (unpaired) electrons. The Kier molecular flexibility index (Phi) is 4.19. The summed E-state index contributed by atoms with van der Waals surface area (Å²) in [4.78, 5) is 1.17. The van der Waals surface area contributed by atoms with Crippen molar-refractivity contribution in [3.8, 4) is 5.75 Å². The number of rotatable bonds is 5. The highest BCUT2D eigenvalue weighted by Crippen LogP contribution is 2.21. The molecule has 0 heterocycles. The fraction of sp³-hybridized carbons (Fsp3) is 0.0909. The summed E-state index contributed by atoms with van der Waals surface area (Å²) in [5.74, 6) is 0.869. The maximum absolute atomic E-state index is 5.34. The molecule has 0 aliphatic carbocycles. The Morgan fingerprint density at radius 1 is 1.23 bits per heavy atom. The predicted molar refractivity (Wildman–Crippen MR) is 58.2 cm³/mol. The first-order valence-electron chi connectivity index (χ1n) is 3.98. The molecule has 0 aliphatic rings. The molecule has 0 atom stereocenters. The molecule has 0 amide bonds. The molecule has 1 aromatic carbocycles. The molecule has 0 aliphatic heterocycles. The highest BCUT2D eigenvalue weighted by Gasteiger charge is 1.92. The van der Waals surface area contributed by atoms with Gasteiger partial charge in [0.2, 0.25) is 0 Å². The quantitative estimate of drug-likeness (QED) is 0.521. The number of ether oxygens (including phenoxy) is 1. The van der Waals surface area contributed by atoms with Gasteiger partial charge in [0.05, 0.1) is 0 Å². The zero-order valence-electron chi connectivity index (χ0n) is 7.40. The van der Waals surface area contributed by atoms with Crippen LogP contribution in [0, 0.1) is 0 Å². The lowest BCUT2D eigenvalue weighted by Gasteiger charge is -2.02. The molecule has 13 heavy (non-hydrogen) atoms. The van der Waals surface area contributed by atoms with Crippen LogP contribution in [0.25, 0.3) is 0 Å². The van der Waals surface area contributed by atoms with Crippen LogP contribution >= 0.6 is 11.8 Å². The monoisotopic (exact) mass is 192 g/mol. The van der Waals surface area contributed by atoms with Gasteiger partial charge in [0, 0.05) is 4.90 Å². The lowest BCUT2D eigenvalue weighted by Crippen LogP contribution is -1.91. The van der Waals surface area contributed by atoms with Gasteiger partial charge in [-0.3, -0.25) is 0 Å². The molecule has 1 aromatic rings. The van der Waals surface area contributed by atoms with Gasteiger partial charge in [0.15, 0.2) is 0 Å². The Hall–Kier alpha value is -1.15. The van der Waals surface area contributed by atoms with Crippen molar-refractivity contribution in [3.63, 3.8) is 0 Å². The summed E-state index contributed by atoms with van der Waals surface area (Å²) >= 11 is 1.60. The normalized spacial score (nSPS) is 9.23. The van der Waals surface area contributed by atoms with E-state index in [-0.39, 0.29) is 0 Å². The molecule has 0 saturated heterocycles. The molecule has 0 aromatic heterocycles. The minimum Gasteiger partial charge on any atom is -0.490 e. The van der Waals surface area contributed by atoms with Crippen LogP contribution in [0.3, 0.4) is 0 Å². The molecule has 1 nitrogen and oxygen atoms in total. The van der Waals surface area contributed by atoms with Gasteiger partial charge in [-0.1, -0.05) is 31.0 Å². The van der Waals surface area contributed by atoms with Crippen molar-refractivity contribution < 1.29 is 4.74 Å². The van der Waals surface area contributed by atoms with Gasteiger partial charge in [-0.15, -0.1) is 0 Å². The zero-order chi connectivity index (χ0) is 9.52. The summed E-state index contributed by atoms with van der Waals surface area (Å²) in [7, 11) is 0. The molecular weight excluding hydrogens is 180 g/mol. The summed E-state index contributed by atoms with van der Waals surface area (Å²) in [6.45, 7) is 7.78. The molecule has 68 valence electrons. The lowest BCUT2D eigenvalue weighted by atomic mass is 10.3. The van der Waals surface area contributed by atoms with E-state index in [0.29, 0.717) is 6.61 Å². The van der Waals surface area contributed by atoms with Crippen LogP contribution in [-0.4, -0.2) is 6.61 Å². The van der Waals surface area contributed by atoms with Crippen molar-refractivity contribution in [1.82, 2.24) is 0 Å². The Balaban J connectivity index is 2.58. The van der Waals surface area contributed by atoms with E-state index < -0.39 is 0 Å². The Morgan fingerprint density at radius 2 is 1.92 bits per heavy atom. The van der Waals surface area contributed by atoms with Gasteiger partial charge in [-0.25, -0.2) is 0 Å².